The van der Waals surface area contributed by atoms with Crippen LogP contribution in [0.1, 0.15) is 24.8 Å². The molecule has 1 aliphatic heterocycles. The summed E-state index contributed by atoms with van der Waals surface area (Å²) in [4.78, 5) is 0.131. The summed E-state index contributed by atoms with van der Waals surface area (Å²) >= 11 is 7.83. The lowest BCUT2D eigenvalue weighted by Gasteiger charge is -2.21. The molecule has 1 fully saturated rings. The number of hydrogen-bond donors (Lipinski definition) is 2. The van der Waals surface area contributed by atoms with E-state index in [2.05, 4.69) is 4.72 Å². The first kappa shape index (κ1) is 15.9. The zero-order valence-corrected chi connectivity index (χ0v) is 13.7. The van der Waals surface area contributed by atoms with Crippen molar-refractivity contribution in [2.75, 3.05) is 18.0 Å². The largest absolute Gasteiger partial charge is 0.398 e. The number of halogens is 1. The molecule has 1 unspecified atom stereocenters. The van der Waals surface area contributed by atoms with Crippen molar-refractivity contribution in [3.05, 3.63) is 22.7 Å². The Bertz CT molecular complexity index is 561. The summed E-state index contributed by atoms with van der Waals surface area (Å²) in [6.45, 7) is 2.22. The fourth-order valence-corrected chi connectivity index (χ4v) is 4.86. The van der Waals surface area contributed by atoms with Gasteiger partial charge in [-0.1, -0.05) is 18.0 Å². The molecular weight excluding hydrogens is 316 g/mol. The lowest BCUT2D eigenvalue weighted by Crippen LogP contribution is -2.32. The topological polar surface area (TPSA) is 72.2 Å². The Balaban J connectivity index is 2.10. The predicted octanol–water partition coefficient (Wildman–Crippen LogP) is 2.79. The maximum atomic E-state index is 12.3. The van der Waals surface area contributed by atoms with E-state index >= 15 is 0 Å². The molecule has 1 heterocycles. The zero-order valence-electron chi connectivity index (χ0n) is 11.4. The summed E-state index contributed by atoms with van der Waals surface area (Å²) in [6.07, 6.45) is 3.45. The van der Waals surface area contributed by atoms with Crippen molar-refractivity contribution >= 4 is 39.1 Å². The van der Waals surface area contributed by atoms with Gasteiger partial charge in [-0.05, 0) is 43.2 Å². The maximum absolute atomic E-state index is 12.3. The molecule has 0 saturated carbocycles. The molecule has 1 saturated heterocycles. The molecule has 7 heteroatoms. The highest BCUT2D eigenvalue weighted by molar-refractivity contribution is 8.00. The number of rotatable bonds is 4. The van der Waals surface area contributed by atoms with Crippen molar-refractivity contribution < 1.29 is 8.42 Å². The van der Waals surface area contributed by atoms with Crippen LogP contribution in [0.4, 0.5) is 5.69 Å². The Kier molecular flexibility index (Phi) is 5.23. The smallest absolute Gasteiger partial charge is 0.240 e. The molecule has 3 N–H and O–H groups in total. The standard InChI is InChI=1S/C13H19ClN2O2S2/c1-9-12(14)6-11(7-13(9)15)20(17,18)16-8-10-4-2-3-5-19-10/h6-7,10,16H,2-5,8,15H2,1H3. The minimum Gasteiger partial charge on any atom is -0.398 e. The summed E-state index contributed by atoms with van der Waals surface area (Å²) in [6, 6.07) is 2.90. The van der Waals surface area contributed by atoms with E-state index in [-0.39, 0.29) is 4.90 Å². The SMILES string of the molecule is Cc1c(N)cc(S(=O)(=O)NCC2CCCCS2)cc1Cl. The lowest BCUT2D eigenvalue weighted by atomic mass is 10.2. The molecular formula is C13H19ClN2O2S2. The molecule has 4 nitrogen and oxygen atoms in total. The normalized spacial score (nSPS) is 20.0. The molecule has 1 aromatic carbocycles. The molecule has 1 atom stereocenters. The Morgan fingerprint density at radius 2 is 2.20 bits per heavy atom. The van der Waals surface area contributed by atoms with Crippen LogP contribution < -0.4 is 10.5 Å². The van der Waals surface area contributed by atoms with Gasteiger partial charge in [0.25, 0.3) is 0 Å². The summed E-state index contributed by atoms with van der Waals surface area (Å²) in [7, 11) is -3.55. The number of sulfonamides is 1. The molecule has 0 amide bonds. The lowest BCUT2D eigenvalue weighted by molar-refractivity contribution is 0.574. The van der Waals surface area contributed by atoms with Gasteiger partial charge in [0.05, 0.1) is 4.90 Å². The molecule has 0 aliphatic carbocycles. The summed E-state index contributed by atoms with van der Waals surface area (Å²) in [5, 5.41) is 0.731. The number of benzene rings is 1. The van der Waals surface area contributed by atoms with Gasteiger partial charge >= 0.3 is 0 Å². The number of thioether (sulfide) groups is 1. The van der Waals surface area contributed by atoms with Crippen molar-refractivity contribution in [2.24, 2.45) is 0 Å². The Morgan fingerprint density at radius 1 is 1.45 bits per heavy atom. The van der Waals surface area contributed by atoms with Crippen LogP contribution in [-0.2, 0) is 10.0 Å². The zero-order chi connectivity index (χ0) is 14.8. The van der Waals surface area contributed by atoms with Gasteiger partial charge < -0.3 is 5.73 Å². The highest BCUT2D eigenvalue weighted by atomic mass is 35.5. The predicted molar refractivity (Wildman–Crippen MR) is 85.9 cm³/mol. The van der Waals surface area contributed by atoms with Crippen LogP contribution in [0.3, 0.4) is 0 Å². The molecule has 1 aliphatic rings. The first-order chi connectivity index (χ1) is 9.40. The van der Waals surface area contributed by atoms with Crippen LogP contribution in [0.15, 0.2) is 17.0 Å². The minimum absolute atomic E-state index is 0.131. The average molecular weight is 335 g/mol. The van der Waals surface area contributed by atoms with E-state index in [9.17, 15) is 8.42 Å². The monoisotopic (exact) mass is 334 g/mol. The second kappa shape index (κ2) is 6.56. The fourth-order valence-electron chi connectivity index (χ4n) is 2.08. The highest BCUT2D eigenvalue weighted by Gasteiger charge is 2.20. The van der Waals surface area contributed by atoms with Gasteiger partial charge in [-0.3, -0.25) is 0 Å². The molecule has 20 heavy (non-hydrogen) atoms. The van der Waals surface area contributed by atoms with Crippen molar-refractivity contribution in [2.45, 2.75) is 36.3 Å². The maximum Gasteiger partial charge on any atom is 0.240 e. The van der Waals surface area contributed by atoms with Gasteiger partial charge in [0.15, 0.2) is 0 Å². The highest BCUT2D eigenvalue weighted by Crippen LogP contribution is 2.27. The van der Waals surface area contributed by atoms with Gasteiger partial charge in [0, 0.05) is 22.5 Å². The summed E-state index contributed by atoms with van der Waals surface area (Å²) in [5.74, 6) is 1.11. The van der Waals surface area contributed by atoms with E-state index in [0.29, 0.717) is 28.1 Å². The molecule has 0 radical (unpaired) electrons. The van der Waals surface area contributed by atoms with E-state index in [1.807, 2.05) is 11.8 Å². The number of hydrogen-bond acceptors (Lipinski definition) is 4. The minimum atomic E-state index is -3.55. The Hall–Kier alpha value is -0.430. The average Bonchev–Trinajstić information content (AvgIpc) is 2.43. The third-order valence-electron chi connectivity index (χ3n) is 3.44. The Morgan fingerprint density at radius 3 is 2.80 bits per heavy atom. The van der Waals surface area contributed by atoms with Crippen LogP contribution >= 0.6 is 23.4 Å². The Labute approximate surface area is 129 Å². The van der Waals surface area contributed by atoms with E-state index in [0.717, 1.165) is 12.2 Å². The van der Waals surface area contributed by atoms with Gasteiger partial charge in [0.1, 0.15) is 0 Å². The van der Waals surface area contributed by atoms with E-state index in [1.54, 1.807) is 6.92 Å². The number of nitrogens with two attached hydrogens (primary N) is 1. The van der Waals surface area contributed by atoms with Crippen molar-refractivity contribution in [3.8, 4) is 0 Å². The van der Waals surface area contributed by atoms with Gasteiger partial charge in [-0.15, -0.1) is 0 Å². The number of anilines is 1. The molecule has 112 valence electrons. The first-order valence-electron chi connectivity index (χ1n) is 6.57. The molecule has 0 aromatic heterocycles. The van der Waals surface area contributed by atoms with Gasteiger partial charge in [-0.25, -0.2) is 13.1 Å². The molecule has 0 bridgehead atoms. The fraction of sp³-hybridized carbons (Fsp3) is 0.538. The summed E-state index contributed by atoms with van der Waals surface area (Å²) in [5.41, 5.74) is 6.87. The number of nitrogens with one attached hydrogen (secondary N) is 1. The summed E-state index contributed by atoms with van der Waals surface area (Å²) < 4.78 is 27.2. The van der Waals surface area contributed by atoms with Crippen LogP contribution in [0.25, 0.3) is 0 Å². The van der Waals surface area contributed by atoms with Gasteiger partial charge in [0.2, 0.25) is 10.0 Å². The van der Waals surface area contributed by atoms with Crippen LogP contribution in [0.5, 0.6) is 0 Å². The van der Waals surface area contributed by atoms with E-state index < -0.39 is 10.0 Å². The second-order valence-electron chi connectivity index (χ2n) is 4.96. The first-order valence-corrected chi connectivity index (χ1v) is 9.48. The van der Waals surface area contributed by atoms with Crippen molar-refractivity contribution in [1.82, 2.24) is 4.72 Å². The van der Waals surface area contributed by atoms with Crippen LogP contribution in [-0.4, -0.2) is 26.0 Å². The van der Waals surface area contributed by atoms with Crippen molar-refractivity contribution in [1.29, 1.82) is 0 Å². The second-order valence-corrected chi connectivity index (χ2v) is 8.54. The van der Waals surface area contributed by atoms with Crippen LogP contribution in [0, 0.1) is 6.92 Å². The molecule has 0 spiro atoms. The van der Waals surface area contributed by atoms with Crippen molar-refractivity contribution in [3.63, 3.8) is 0 Å². The van der Waals surface area contributed by atoms with Crippen LogP contribution in [0.2, 0.25) is 5.02 Å². The quantitative estimate of drug-likeness (QED) is 0.830. The van der Waals surface area contributed by atoms with Gasteiger partial charge in [-0.2, -0.15) is 11.8 Å². The van der Waals surface area contributed by atoms with E-state index in [4.69, 9.17) is 17.3 Å². The number of nitrogen functional groups attached to an aromatic ring is 1. The molecule has 1 aromatic rings. The third-order valence-corrected chi connectivity index (χ3v) is 6.64. The molecule has 2 rings (SSSR count). The third kappa shape index (κ3) is 3.81. The van der Waals surface area contributed by atoms with E-state index in [1.165, 1.54) is 25.0 Å².